The van der Waals surface area contributed by atoms with E-state index in [4.69, 9.17) is 0 Å². The second-order valence-corrected chi connectivity index (χ2v) is 5.36. The van der Waals surface area contributed by atoms with Gasteiger partial charge in [-0.15, -0.1) is 0 Å². The van der Waals surface area contributed by atoms with E-state index in [9.17, 15) is 9.59 Å². The summed E-state index contributed by atoms with van der Waals surface area (Å²) in [6.07, 6.45) is 4.77. The van der Waals surface area contributed by atoms with E-state index < -0.39 is 0 Å². The van der Waals surface area contributed by atoms with Gasteiger partial charge in [-0.25, -0.2) is 4.79 Å². The second kappa shape index (κ2) is 6.91. The summed E-state index contributed by atoms with van der Waals surface area (Å²) in [6, 6.07) is 10.9. The zero-order chi connectivity index (χ0) is 16.1. The summed E-state index contributed by atoms with van der Waals surface area (Å²) in [5.74, 6) is 0.173. The first kappa shape index (κ1) is 15.0. The molecule has 1 saturated heterocycles. The summed E-state index contributed by atoms with van der Waals surface area (Å²) in [5, 5.41) is 5.50. The van der Waals surface area contributed by atoms with Gasteiger partial charge in [-0.3, -0.25) is 9.78 Å². The maximum absolute atomic E-state index is 11.8. The molecule has 0 bridgehead atoms. The van der Waals surface area contributed by atoms with Gasteiger partial charge in [0, 0.05) is 31.4 Å². The molecule has 23 heavy (non-hydrogen) atoms. The molecule has 0 spiro atoms. The molecule has 6 nitrogen and oxygen atoms in total. The maximum atomic E-state index is 11.8. The van der Waals surface area contributed by atoms with Crippen molar-refractivity contribution in [2.75, 3.05) is 16.8 Å². The molecule has 0 atom stereocenters. The van der Waals surface area contributed by atoms with Crippen LogP contribution in [0.15, 0.2) is 48.8 Å². The number of amides is 3. The van der Waals surface area contributed by atoms with Crippen LogP contribution in [-0.2, 0) is 11.3 Å². The number of anilines is 2. The molecule has 6 heteroatoms. The van der Waals surface area contributed by atoms with Gasteiger partial charge in [0.1, 0.15) is 0 Å². The molecule has 1 aliphatic rings. The van der Waals surface area contributed by atoms with Gasteiger partial charge in [0.15, 0.2) is 0 Å². The Bertz CT molecular complexity index is 685. The highest BCUT2D eigenvalue weighted by Crippen LogP contribution is 2.21. The number of pyridine rings is 1. The van der Waals surface area contributed by atoms with E-state index in [1.807, 2.05) is 24.3 Å². The average molecular weight is 310 g/mol. The van der Waals surface area contributed by atoms with Gasteiger partial charge in [-0.2, -0.15) is 0 Å². The smallest absolute Gasteiger partial charge is 0.319 e. The summed E-state index contributed by atoms with van der Waals surface area (Å²) in [7, 11) is 0. The minimum atomic E-state index is -0.281. The standard InChI is InChI=1S/C17H18N4O2/c22-16-4-2-10-21(16)15-7-5-13(6-8-15)11-19-17(23)20-14-3-1-9-18-12-14/h1,3,5-9,12H,2,4,10-11H2,(H2,19,20,23). The number of benzene rings is 1. The molecule has 2 aromatic rings. The third-order valence-corrected chi connectivity index (χ3v) is 3.69. The third-order valence-electron chi connectivity index (χ3n) is 3.69. The van der Waals surface area contributed by atoms with Gasteiger partial charge in [-0.1, -0.05) is 12.1 Å². The molecule has 1 aromatic heterocycles. The van der Waals surface area contributed by atoms with E-state index in [0.717, 1.165) is 24.2 Å². The lowest BCUT2D eigenvalue weighted by Crippen LogP contribution is -2.28. The summed E-state index contributed by atoms with van der Waals surface area (Å²) >= 11 is 0. The van der Waals surface area contributed by atoms with E-state index in [1.165, 1.54) is 0 Å². The van der Waals surface area contributed by atoms with E-state index in [0.29, 0.717) is 18.7 Å². The molecule has 2 N–H and O–H groups in total. The van der Waals surface area contributed by atoms with Gasteiger partial charge in [0.05, 0.1) is 11.9 Å². The van der Waals surface area contributed by atoms with E-state index in [-0.39, 0.29) is 11.9 Å². The summed E-state index contributed by atoms with van der Waals surface area (Å²) in [6.45, 7) is 1.20. The molecule has 0 aliphatic carbocycles. The number of aromatic nitrogens is 1. The Morgan fingerprint density at radius 1 is 1.22 bits per heavy atom. The number of nitrogens with zero attached hydrogens (tertiary/aromatic N) is 2. The van der Waals surface area contributed by atoms with Crippen LogP contribution >= 0.6 is 0 Å². The van der Waals surface area contributed by atoms with Gasteiger partial charge < -0.3 is 15.5 Å². The molecular formula is C17H18N4O2. The fourth-order valence-electron chi connectivity index (χ4n) is 2.51. The van der Waals surface area contributed by atoms with Crippen molar-refractivity contribution in [1.29, 1.82) is 0 Å². The molecule has 118 valence electrons. The lowest BCUT2D eigenvalue weighted by Gasteiger charge is -2.16. The van der Waals surface area contributed by atoms with Gasteiger partial charge in [0.2, 0.25) is 5.91 Å². The maximum Gasteiger partial charge on any atom is 0.319 e. The largest absolute Gasteiger partial charge is 0.334 e. The average Bonchev–Trinajstić information content (AvgIpc) is 3.00. The predicted molar refractivity (Wildman–Crippen MR) is 88.1 cm³/mol. The monoisotopic (exact) mass is 310 g/mol. The van der Waals surface area contributed by atoms with Crippen LogP contribution in [0.25, 0.3) is 0 Å². The van der Waals surface area contributed by atoms with Gasteiger partial charge in [-0.05, 0) is 36.2 Å². The van der Waals surface area contributed by atoms with Crippen molar-refractivity contribution in [1.82, 2.24) is 10.3 Å². The Hall–Kier alpha value is -2.89. The molecule has 1 fully saturated rings. The highest BCUT2D eigenvalue weighted by Gasteiger charge is 2.21. The highest BCUT2D eigenvalue weighted by molar-refractivity contribution is 5.95. The fourth-order valence-corrected chi connectivity index (χ4v) is 2.51. The van der Waals surface area contributed by atoms with Crippen molar-refractivity contribution < 1.29 is 9.59 Å². The summed E-state index contributed by atoms with van der Waals surface area (Å²) in [5.41, 5.74) is 2.53. The molecule has 1 aromatic carbocycles. The van der Waals surface area contributed by atoms with Crippen molar-refractivity contribution in [3.05, 3.63) is 54.4 Å². The topological polar surface area (TPSA) is 74.3 Å². The molecule has 0 unspecified atom stereocenters. The predicted octanol–water partition coefficient (Wildman–Crippen LogP) is 2.53. The Balaban J connectivity index is 1.52. The molecule has 3 amide bonds. The number of hydrogen-bond acceptors (Lipinski definition) is 3. The Morgan fingerprint density at radius 2 is 2.04 bits per heavy atom. The lowest BCUT2D eigenvalue weighted by molar-refractivity contribution is -0.117. The van der Waals surface area contributed by atoms with Gasteiger partial charge in [0.25, 0.3) is 0 Å². The molecule has 0 saturated carbocycles. The molecular weight excluding hydrogens is 292 g/mol. The van der Waals surface area contributed by atoms with Crippen LogP contribution < -0.4 is 15.5 Å². The number of hydrogen-bond donors (Lipinski definition) is 2. The van der Waals surface area contributed by atoms with Crippen molar-refractivity contribution in [2.24, 2.45) is 0 Å². The summed E-state index contributed by atoms with van der Waals surface area (Å²) in [4.78, 5) is 29.2. The Kier molecular flexibility index (Phi) is 4.52. The minimum Gasteiger partial charge on any atom is -0.334 e. The zero-order valence-electron chi connectivity index (χ0n) is 12.7. The highest BCUT2D eigenvalue weighted by atomic mass is 16.2. The first-order chi connectivity index (χ1) is 11.2. The van der Waals surface area contributed by atoms with Crippen molar-refractivity contribution in [2.45, 2.75) is 19.4 Å². The summed E-state index contributed by atoms with van der Waals surface area (Å²) < 4.78 is 0. The number of rotatable bonds is 4. The van der Waals surface area contributed by atoms with E-state index >= 15 is 0 Å². The Labute approximate surface area is 134 Å². The lowest BCUT2D eigenvalue weighted by atomic mass is 10.2. The fraction of sp³-hybridized carbons (Fsp3) is 0.235. The third kappa shape index (κ3) is 3.85. The van der Waals surface area contributed by atoms with Crippen LogP contribution in [-0.4, -0.2) is 23.5 Å². The zero-order valence-corrected chi connectivity index (χ0v) is 12.7. The SMILES string of the molecule is O=C(NCc1ccc(N2CCCC2=O)cc1)Nc1cccnc1. The van der Waals surface area contributed by atoms with Crippen molar-refractivity contribution in [3.8, 4) is 0 Å². The van der Waals surface area contributed by atoms with Gasteiger partial charge >= 0.3 is 6.03 Å². The molecule has 2 heterocycles. The molecule has 0 radical (unpaired) electrons. The first-order valence-electron chi connectivity index (χ1n) is 7.56. The normalized spacial score (nSPS) is 13.9. The van der Waals surface area contributed by atoms with Crippen LogP contribution in [0.5, 0.6) is 0 Å². The number of urea groups is 1. The van der Waals surface area contributed by atoms with Crippen molar-refractivity contribution >= 4 is 23.3 Å². The number of carbonyl (C=O) groups is 2. The van der Waals surface area contributed by atoms with E-state index in [2.05, 4.69) is 15.6 Å². The first-order valence-corrected chi connectivity index (χ1v) is 7.56. The van der Waals surface area contributed by atoms with Crippen LogP contribution in [0.4, 0.5) is 16.2 Å². The van der Waals surface area contributed by atoms with Crippen molar-refractivity contribution in [3.63, 3.8) is 0 Å². The number of nitrogens with one attached hydrogen (secondary N) is 2. The Morgan fingerprint density at radius 3 is 2.70 bits per heavy atom. The molecule has 1 aliphatic heterocycles. The molecule has 3 rings (SSSR count). The van der Waals surface area contributed by atoms with Crippen LogP contribution in [0, 0.1) is 0 Å². The van der Waals surface area contributed by atoms with Crippen LogP contribution in [0.2, 0.25) is 0 Å². The quantitative estimate of drug-likeness (QED) is 0.911. The second-order valence-electron chi connectivity index (χ2n) is 5.36. The minimum absolute atomic E-state index is 0.173. The van der Waals surface area contributed by atoms with Crippen LogP contribution in [0.3, 0.4) is 0 Å². The number of carbonyl (C=O) groups excluding carboxylic acids is 2. The van der Waals surface area contributed by atoms with E-state index in [1.54, 1.807) is 29.4 Å². The van der Waals surface area contributed by atoms with Crippen LogP contribution in [0.1, 0.15) is 18.4 Å².